The van der Waals surface area contributed by atoms with Gasteiger partial charge >= 0.3 is 0 Å². The summed E-state index contributed by atoms with van der Waals surface area (Å²) < 4.78 is 27.7. The van der Waals surface area contributed by atoms with Gasteiger partial charge in [-0.2, -0.15) is 0 Å². The minimum Gasteiger partial charge on any atom is -0.456 e. The van der Waals surface area contributed by atoms with Gasteiger partial charge in [-0.05, 0) is 108 Å². The molecule has 0 bridgehead atoms. The highest BCUT2D eigenvalue weighted by atomic mass is 16.3. The number of benzene rings is 11. The number of nitrogens with zero attached hydrogens (tertiary/aromatic N) is 2. The molecule has 0 aliphatic rings. The summed E-state index contributed by atoms with van der Waals surface area (Å²) in [6.45, 7) is 17.7. The van der Waals surface area contributed by atoms with Gasteiger partial charge in [-0.15, -0.1) is 0 Å². The summed E-state index contributed by atoms with van der Waals surface area (Å²) in [6, 6.07) is 70.0. The number of aryl methyl sites for hydroxylation is 2. The van der Waals surface area contributed by atoms with Gasteiger partial charge < -0.3 is 27.5 Å². The molecule has 78 heavy (non-hydrogen) atoms. The van der Waals surface area contributed by atoms with Crippen molar-refractivity contribution in [1.82, 2.24) is 0 Å². The van der Waals surface area contributed by atoms with Crippen molar-refractivity contribution in [2.45, 2.75) is 66.2 Å². The fourth-order valence-electron chi connectivity index (χ4n) is 12.4. The van der Waals surface area contributed by atoms with Gasteiger partial charge in [-0.1, -0.05) is 162 Å². The van der Waals surface area contributed by atoms with Crippen molar-refractivity contribution in [2.24, 2.45) is 0 Å². The van der Waals surface area contributed by atoms with Crippen molar-refractivity contribution in [3.05, 3.63) is 216 Å². The van der Waals surface area contributed by atoms with E-state index < -0.39 is 0 Å². The predicted molar refractivity (Wildman–Crippen MR) is 327 cm³/mol. The summed E-state index contributed by atoms with van der Waals surface area (Å²) in [4.78, 5) is 4.73. The van der Waals surface area contributed by atoms with Crippen molar-refractivity contribution >= 4 is 143 Å². The summed E-state index contributed by atoms with van der Waals surface area (Å²) in [7, 11) is 0. The number of rotatable bonds is 6. The van der Waals surface area contributed by atoms with E-state index in [-0.39, 0.29) is 10.8 Å². The lowest BCUT2D eigenvalue weighted by atomic mass is 9.86. The molecule has 378 valence electrons. The third kappa shape index (κ3) is 6.95. The highest BCUT2D eigenvalue weighted by Gasteiger charge is 2.28. The van der Waals surface area contributed by atoms with Gasteiger partial charge in [0.15, 0.2) is 0 Å². The maximum atomic E-state index is 7.34. The van der Waals surface area contributed by atoms with Crippen LogP contribution in [0.15, 0.2) is 212 Å². The van der Waals surface area contributed by atoms with Crippen molar-refractivity contribution in [1.29, 1.82) is 0 Å². The number of para-hydroxylation sites is 2. The molecule has 0 atom stereocenters. The van der Waals surface area contributed by atoms with Crippen LogP contribution in [0.2, 0.25) is 0 Å². The molecule has 0 radical (unpaired) electrons. The van der Waals surface area contributed by atoms with Crippen LogP contribution in [0.3, 0.4) is 0 Å². The lowest BCUT2D eigenvalue weighted by molar-refractivity contribution is 0.572. The number of furan rings is 4. The zero-order valence-electron chi connectivity index (χ0n) is 45.0. The van der Waals surface area contributed by atoms with Gasteiger partial charge in [-0.3, -0.25) is 0 Å². The minimum atomic E-state index is -0.0802. The third-order valence-electron chi connectivity index (χ3n) is 16.2. The summed E-state index contributed by atoms with van der Waals surface area (Å²) in [5, 5.41) is 12.8. The first-order valence-electron chi connectivity index (χ1n) is 27.1. The monoisotopic (exact) mass is 1010 g/mol. The summed E-state index contributed by atoms with van der Waals surface area (Å²) >= 11 is 0. The van der Waals surface area contributed by atoms with Crippen LogP contribution in [0.1, 0.15) is 63.8 Å². The van der Waals surface area contributed by atoms with E-state index in [2.05, 4.69) is 259 Å². The molecule has 0 unspecified atom stereocenters. The van der Waals surface area contributed by atoms with E-state index in [1.807, 2.05) is 0 Å². The van der Waals surface area contributed by atoms with Crippen molar-refractivity contribution in [3.63, 3.8) is 0 Å². The molecule has 6 heteroatoms. The first-order valence-corrected chi connectivity index (χ1v) is 27.1. The highest BCUT2D eigenvalue weighted by Crippen LogP contribution is 2.51. The molecule has 0 spiro atoms. The largest absolute Gasteiger partial charge is 0.456 e. The normalized spacial score (nSPS) is 12.6. The summed E-state index contributed by atoms with van der Waals surface area (Å²) in [5.74, 6) is 0. The van der Waals surface area contributed by atoms with E-state index >= 15 is 0 Å². The second-order valence-electron chi connectivity index (χ2n) is 23.4. The molecule has 0 N–H and O–H groups in total. The maximum absolute atomic E-state index is 7.34. The van der Waals surface area contributed by atoms with Crippen LogP contribution in [-0.2, 0) is 10.8 Å². The zero-order chi connectivity index (χ0) is 52.9. The molecule has 0 saturated carbocycles. The van der Waals surface area contributed by atoms with Gasteiger partial charge in [0.2, 0.25) is 0 Å². The molecule has 11 aromatic carbocycles. The number of hydrogen-bond acceptors (Lipinski definition) is 6. The standard InChI is InChI=1S/C72H56N2O4/c1-41-23-27-43(28-24-41)73(45-31-34-60-54(37-45)51-19-13-21-56(68(51)76-60)71(3,4)5)58-39-63-65(49-17-11-9-15-47(49)58)53-33-36-62-67(70(53)78-63)66-50-18-12-10-16-48(50)59(40-64(66)75-62)74(44-29-25-42(2)26-30-44)46-32-35-61-55(38-46)52-20-14-22-57(69(52)77-61)72(6,7)8/h9-40H,1-8H3. The van der Waals surface area contributed by atoms with E-state index in [0.29, 0.717) is 0 Å². The lowest BCUT2D eigenvalue weighted by Crippen LogP contribution is -2.11. The van der Waals surface area contributed by atoms with E-state index in [9.17, 15) is 0 Å². The molecule has 15 aromatic rings. The van der Waals surface area contributed by atoms with Crippen LogP contribution in [0.25, 0.3) is 109 Å². The summed E-state index contributed by atoms with van der Waals surface area (Å²) in [6.07, 6.45) is 0. The van der Waals surface area contributed by atoms with Crippen molar-refractivity contribution in [2.75, 3.05) is 9.80 Å². The molecule has 0 saturated heterocycles. The Kier molecular flexibility index (Phi) is 9.82. The van der Waals surface area contributed by atoms with E-state index in [1.165, 1.54) is 22.3 Å². The first kappa shape index (κ1) is 46.1. The topological polar surface area (TPSA) is 59.0 Å². The Morgan fingerprint density at radius 3 is 1.18 bits per heavy atom. The van der Waals surface area contributed by atoms with Crippen LogP contribution in [0, 0.1) is 13.8 Å². The molecule has 15 rings (SSSR count). The summed E-state index contributed by atoms with van der Waals surface area (Å²) in [5.41, 5.74) is 17.5. The Morgan fingerprint density at radius 2 is 0.692 bits per heavy atom. The average Bonchev–Trinajstić information content (AvgIpc) is 4.35. The van der Waals surface area contributed by atoms with Crippen LogP contribution in [0.5, 0.6) is 0 Å². The van der Waals surface area contributed by atoms with Gasteiger partial charge in [0.05, 0.1) is 16.8 Å². The zero-order valence-corrected chi connectivity index (χ0v) is 45.0. The molecule has 0 aliphatic carbocycles. The van der Waals surface area contributed by atoms with Gasteiger partial charge in [0, 0.05) is 94.5 Å². The SMILES string of the molecule is Cc1ccc(N(c2ccc3oc4c(C(C)(C)C)cccc4c3c2)c2cc3oc4c(ccc5oc6cc(N(c7ccc(C)cc7)c7ccc8oc9c(C(C)(C)C)cccc9c8c7)c7ccccc7c6c54)c3c3ccccc23)cc1. The Morgan fingerprint density at radius 1 is 0.282 bits per heavy atom. The first-order chi connectivity index (χ1) is 37.7. The van der Waals surface area contributed by atoms with Crippen LogP contribution in [0.4, 0.5) is 34.1 Å². The van der Waals surface area contributed by atoms with Crippen LogP contribution < -0.4 is 9.80 Å². The van der Waals surface area contributed by atoms with Gasteiger partial charge in [0.25, 0.3) is 0 Å². The quantitative estimate of drug-likeness (QED) is 0.165. The van der Waals surface area contributed by atoms with E-state index in [4.69, 9.17) is 17.7 Å². The van der Waals surface area contributed by atoms with Gasteiger partial charge in [-0.25, -0.2) is 0 Å². The number of fused-ring (bicyclic) bond motifs is 17. The Bertz CT molecular complexity index is 4950. The smallest absolute Gasteiger partial charge is 0.147 e. The van der Waals surface area contributed by atoms with Crippen LogP contribution in [-0.4, -0.2) is 0 Å². The van der Waals surface area contributed by atoms with Crippen molar-refractivity contribution < 1.29 is 17.7 Å². The molecular weight excluding hydrogens is 957 g/mol. The average molecular weight is 1010 g/mol. The Hall–Kier alpha value is -9.26. The minimum absolute atomic E-state index is 0.0799. The molecule has 0 aliphatic heterocycles. The Balaban J connectivity index is 0.950. The second-order valence-corrected chi connectivity index (χ2v) is 23.4. The fourth-order valence-corrected chi connectivity index (χ4v) is 12.4. The molecule has 0 fully saturated rings. The highest BCUT2D eigenvalue weighted by molar-refractivity contribution is 6.32. The van der Waals surface area contributed by atoms with Crippen LogP contribution >= 0.6 is 0 Å². The maximum Gasteiger partial charge on any atom is 0.147 e. The third-order valence-corrected chi connectivity index (χ3v) is 16.2. The molecule has 6 nitrogen and oxygen atoms in total. The molecule has 4 heterocycles. The lowest BCUT2D eigenvalue weighted by Gasteiger charge is -2.27. The Labute approximate surface area is 451 Å². The van der Waals surface area contributed by atoms with E-state index in [0.717, 1.165) is 143 Å². The molecule has 4 aromatic heterocycles. The molecule has 0 amide bonds. The number of hydrogen-bond donors (Lipinski definition) is 0. The van der Waals surface area contributed by atoms with E-state index in [1.54, 1.807) is 0 Å². The number of anilines is 6. The van der Waals surface area contributed by atoms with Crippen molar-refractivity contribution in [3.8, 4) is 0 Å². The second kappa shape index (κ2) is 16.6. The predicted octanol–water partition coefficient (Wildman–Crippen LogP) is 21.7. The fraction of sp³-hybridized carbons (Fsp3) is 0.139. The molecular formula is C72H56N2O4. The van der Waals surface area contributed by atoms with Gasteiger partial charge in [0.1, 0.15) is 44.7 Å².